The van der Waals surface area contributed by atoms with Crippen molar-refractivity contribution in [3.8, 4) is 0 Å². The minimum absolute atomic E-state index is 0.111. The first kappa shape index (κ1) is 27.9. The molecule has 0 saturated heterocycles. The Morgan fingerprint density at radius 3 is 2.61 bits per heavy atom. The summed E-state index contributed by atoms with van der Waals surface area (Å²) >= 11 is 1.63. The minimum atomic E-state index is 0.111. The van der Waals surface area contributed by atoms with Crippen LogP contribution in [0.15, 0.2) is 106 Å². The lowest BCUT2D eigenvalue weighted by atomic mass is 9.89. The molecule has 5 rings (SSSR count). The fourth-order valence-corrected chi connectivity index (χ4v) is 5.32. The third kappa shape index (κ3) is 8.71. The van der Waals surface area contributed by atoms with Crippen LogP contribution in [0.25, 0.3) is 0 Å². The fourth-order valence-electron chi connectivity index (χ4n) is 4.79. The number of rotatable bonds is 7. The largest absolute Gasteiger partial charge is 0.359 e. The summed E-state index contributed by atoms with van der Waals surface area (Å²) in [6, 6.07) is 16.4. The van der Waals surface area contributed by atoms with E-state index in [1.165, 1.54) is 42.6 Å². The van der Waals surface area contributed by atoms with Crippen LogP contribution in [0.1, 0.15) is 37.8 Å². The average Bonchev–Trinajstić information content (AvgIpc) is 3.22. The summed E-state index contributed by atoms with van der Waals surface area (Å²) in [5.41, 5.74) is 2.29. The first-order valence-electron chi connectivity index (χ1n) is 13.7. The first-order chi connectivity index (χ1) is 18.7. The number of amidine groups is 1. The molecule has 7 heteroatoms. The number of likely N-dealkylation sites (N-methyl/N-ethyl adjacent to an activating group) is 1. The van der Waals surface area contributed by atoms with Gasteiger partial charge in [-0.2, -0.15) is 4.99 Å². The number of aliphatic imine (C=N–C) groups is 2. The number of hydrogen-bond acceptors (Lipinski definition) is 5. The molecule has 0 bridgehead atoms. The Morgan fingerprint density at radius 1 is 1.03 bits per heavy atom. The molecule has 6 nitrogen and oxygen atoms in total. The van der Waals surface area contributed by atoms with E-state index < -0.39 is 0 Å². The Bertz CT molecular complexity index is 1130. The summed E-state index contributed by atoms with van der Waals surface area (Å²) in [5, 5.41) is 3.52. The zero-order chi connectivity index (χ0) is 26.4. The summed E-state index contributed by atoms with van der Waals surface area (Å²) in [7, 11) is 4.03. The minimum Gasteiger partial charge on any atom is -0.359 e. The number of allylic oxidation sites excluding steroid dienone is 4. The van der Waals surface area contributed by atoms with Gasteiger partial charge in [-0.25, -0.2) is 0 Å². The summed E-state index contributed by atoms with van der Waals surface area (Å²) in [5.74, 6) is 2.48. The highest BCUT2D eigenvalue weighted by molar-refractivity contribution is 7.97. The molecule has 2 aromatic rings. The standard InChI is InChI=1S/C24H31N5.C7H9NS/c1-29(17-15-20-12-8-9-16-25-20)23-21-13-6-3-7-14-22(21)27-24(28-23)26-18-19-10-4-2-5-11-19;1-8-9-7-5-3-2-4-6-7/h3,6-9,12-14,16,19,22H,2,4-5,10-11,15,17-18H2,1H3,(H,26,27);2-6,8H,1H3. The van der Waals surface area contributed by atoms with Gasteiger partial charge >= 0.3 is 0 Å². The van der Waals surface area contributed by atoms with E-state index in [-0.39, 0.29) is 6.04 Å². The zero-order valence-electron chi connectivity index (χ0n) is 22.6. The van der Waals surface area contributed by atoms with E-state index in [2.05, 4.69) is 75.5 Å². The molecule has 2 N–H and O–H groups in total. The molecule has 3 aliphatic rings. The molecule has 0 radical (unpaired) electrons. The van der Waals surface area contributed by atoms with Crippen LogP contribution >= 0.6 is 11.9 Å². The van der Waals surface area contributed by atoms with E-state index in [0.717, 1.165) is 37.0 Å². The van der Waals surface area contributed by atoms with Crippen LogP contribution in [-0.4, -0.2) is 54.9 Å². The summed E-state index contributed by atoms with van der Waals surface area (Å²) < 4.78 is 3.00. The van der Waals surface area contributed by atoms with Crippen molar-refractivity contribution >= 4 is 23.7 Å². The maximum Gasteiger partial charge on any atom is 0.220 e. The second kappa shape index (κ2) is 15.3. The third-order valence-corrected chi connectivity index (χ3v) is 7.58. The SMILES string of the molecule is CN(CCc1ccccn1)C1=NC(=NCC2CCCCC2)NC2C=CC=CC=C12.CNSc1ccccc1. The average molecular weight is 529 g/mol. The number of aromatic nitrogens is 1. The Hall–Kier alpha value is -3.16. The molecule has 38 heavy (non-hydrogen) atoms. The molecule has 2 heterocycles. The molecule has 1 unspecified atom stereocenters. The molecule has 1 fully saturated rings. The molecule has 0 amide bonds. The molecule has 1 atom stereocenters. The maximum absolute atomic E-state index is 4.93. The number of hydrogen-bond donors (Lipinski definition) is 2. The van der Waals surface area contributed by atoms with Gasteiger partial charge in [0.15, 0.2) is 0 Å². The number of pyridine rings is 1. The van der Waals surface area contributed by atoms with E-state index in [1.807, 2.05) is 43.6 Å². The maximum atomic E-state index is 4.93. The quantitative estimate of drug-likeness (QED) is 0.443. The fraction of sp³-hybridized carbons (Fsp3) is 0.387. The van der Waals surface area contributed by atoms with Crippen LogP contribution in [0.2, 0.25) is 0 Å². The van der Waals surface area contributed by atoms with Crippen LogP contribution in [0, 0.1) is 5.92 Å². The predicted octanol–water partition coefficient (Wildman–Crippen LogP) is 5.83. The topological polar surface area (TPSA) is 64.9 Å². The molecule has 2 aliphatic carbocycles. The number of benzene rings is 1. The van der Waals surface area contributed by atoms with Gasteiger partial charge in [0, 0.05) is 48.9 Å². The number of fused-ring (bicyclic) bond motifs is 1. The first-order valence-corrected chi connectivity index (χ1v) is 14.5. The predicted molar refractivity (Wildman–Crippen MR) is 162 cm³/mol. The molecular weight excluding hydrogens is 488 g/mol. The van der Waals surface area contributed by atoms with Crippen molar-refractivity contribution in [2.75, 3.05) is 27.2 Å². The van der Waals surface area contributed by atoms with E-state index in [9.17, 15) is 0 Å². The Labute approximate surface area is 232 Å². The summed E-state index contributed by atoms with van der Waals surface area (Å²) in [6.45, 7) is 1.74. The molecule has 200 valence electrons. The van der Waals surface area contributed by atoms with Crippen molar-refractivity contribution in [1.82, 2.24) is 19.9 Å². The summed E-state index contributed by atoms with van der Waals surface area (Å²) in [6.07, 6.45) is 20.0. The lowest BCUT2D eigenvalue weighted by molar-refractivity contribution is 0.366. The third-order valence-electron chi connectivity index (χ3n) is 6.87. The van der Waals surface area contributed by atoms with Gasteiger partial charge in [0.05, 0.1) is 6.04 Å². The molecular formula is C31H40N6S. The van der Waals surface area contributed by atoms with Crippen LogP contribution in [-0.2, 0) is 6.42 Å². The highest BCUT2D eigenvalue weighted by Gasteiger charge is 2.26. The van der Waals surface area contributed by atoms with E-state index in [0.29, 0.717) is 5.92 Å². The Morgan fingerprint density at radius 2 is 1.84 bits per heavy atom. The van der Waals surface area contributed by atoms with Crippen LogP contribution in [0.4, 0.5) is 0 Å². The monoisotopic (exact) mass is 528 g/mol. The highest BCUT2D eigenvalue weighted by atomic mass is 32.2. The van der Waals surface area contributed by atoms with Crippen molar-refractivity contribution in [1.29, 1.82) is 0 Å². The Balaban J connectivity index is 0.000000317. The lowest BCUT2D eigenvalue weighted by Gasteiger charge is -2.31. The van der Waals surface area contributed by atoms with E-state index in [1.54, 1.807) is 11.9 Å². The van der Waals surface area contributed by atoms with Gasteiger partial charge in [0.25, 0.3) is 0 Å². The smallest absolute Gasteiger partial charge is 0.220 e. The number of nitrogens with zero attached hydrogens (tertiary/aromatic N) is 4. The van der Waals surface area contributed by atoms with Crippen LogP contribution in [0.5, 0.6) is 0 Å². The molecule has 1 aromatic carbocycles. The summed E-state index contributed by atoms with van der Waals surface area (Å²) in [4.78, 5) is 17.7. The van der Waals surface area contributed by atoms with Crippen molar-refractivity contribution in [2.24, 2.45) is 15.9 Å². The van der Waals surface area contributed by atoms with Crippen LogP contribution in [0.3, 0.4) is 0 Å². The molecule has 1 saturated carbocycles. The van der Waals surface area contributed by atoms with Gasteiger partial charge in [0.2, 0.25) is 5.96 Å². The lowest BCUT2D eigenvalue weighted by Crippen LogP contribution is -2.46. The van der Waals surface area contributed by atoms with Crippen molar-refractivity contribution in [2.45, 2.75) is 49.5 Å². The normalized spacial score (nSPS) is 19.8. The van der Waals surface area contributed by atoms with Gasteiger partial charge in [-0.15, -0.1) is 0 Å². The van der Waals surface area contributed by atoms with Gasteiger partial charge in [-0.3, -0.25) is 14.7 Å². The van der Waals surface area contributed by atoms with Gasteiger partial charge in [-0.05, 0) is 62.0 Å². The zero-order valence-corrected chi connectivity index (χ0v) is 23.4. The number of nitrogens with one attached hydrogen (secondary N) is 2. The van der Waals surface area contributed by atoms with Crippen molar-refractivity contribution < 1.29 is 0 Å². The van der Waals surface area contributed by atoms with Crippen molar-refractivity contribution in [3.05, 3.63) is 96.4 Å². The molecule has 1 aliphatic heterocycles. The van der Waals surface area contributed by atoms with Gasteiger partial charge in [-0.1, -0.05) is 73.9 Å². The second-order valence-corrected chi connectivity index (χ2v) is 10.8. The second-order valence-electron chi connectivity index (χ2n) is 9.73. The number of guanidine groups is 1. The van der Waals surface area contributed by atoms with Crippen molar-refractivity contribution in [3.63, 3.8) is 0 Å². The van der Waals surface area contributed by atoms with E-state index >= 15 is 0 Å². The van der Waals surface area contributed by atoms with Crippen LogP contribution < -0.4 is 10.0 Å². The van der Waals surface area contributed by atoms with E-state index in [4.69, 9.17) is 9.98 Å². The van der Waals surface area contributed by atoms with Gasteiger partial charge < -0.3 is 10.2 Å². The molecule has 1 aromatic heterocycles. The molecule has 0 spiro atoms. The highest BCUT2D eigenvalue weighted by Crippen LogP contribution is 2.24. The Kier molecular flexibility index (Phi) is 11.2. The van der Waals surface area contributed by atoms with Gasteiger partial charge in [0.1, 0.15) is 5.84 Å².